The summed E-state index contributed by atoms with van der Waals surface area (Å²) < 4.78 is 11.7. The maximum absolute atomic E-state index is 11.2. The minimum absolute atomic E-state index is 0.0832. The molecule has 3 rings (SSSR count). The number of carboxylic acids is 1. The Morgan fingerprint density at radius 3 is 2.70 bits per heavy atom. The highest BCUT2D eigenvalue weighted by Crippen LogP contribution is 2.43. The summed E-state index contributed by atoms with van der Waals surface area (Å²) in [6, 6.07) is 3.52. The summed E-state index contributed by atoms with van der Waals surface area (Å²) in [7, 11) is 1.60. The van der Waals surface area contributed by atoms with E-state index in [0.29, 0.717) is 29.5 Å². The fourth-order valence-corrected chi connectivity index (χ4v) is 3.68. The second-order valence-electron chi connectivity index (χ2n) is 6.28. The van der Waals surface area contributed by atoms with Crippen LogP contribution in [0.3, 0.4) is 0 Å². The van der Waals surface area contributed by atoms with E-state index in [-0.39, 0.29) is 18.1 Å². The molecule has 0 bridgehead atoms. The predicted molar refractivity (Wildman–Crippen MR) is 87.4 cm³/mol. The van der Waals surface area contributed by atoms with Crippen molar-refractivity contribution in [1.29, 1.82) is 0 Å². The van der Waals surface area contributed by atoms with E-state index in [2.05, 4.69) is 5.32 Å². The van der Waals surface area contributed by atoms with Crippen molar-refractivity contribution in [2.75, 3.05) is 13.7 Å². The summed E-state index contributed by atoms with van der Waals surface area (Å²) in [5.41, 5.74) is 0.894. The van der Waals surface area contributed by atoms with Gasteiger partial charge in [-0.25, -0.2) is 0 Å². The molecule has 1 saturated heterocycles. The highest BCUT2D eigenvalue weighted by molar-refractivity contribution is 6.30. The van der Waals surface area contributed by atoms with Gasteiger partial charge < -0.3 is 19.9 Å². The molecule has 0 spiro atoms. The Morgan fingerprint density at radius 2 is 2.09 bits per heavy atom. The van der Waals surface area contributed by atoms with E-state index >= 15 is 0 Å². The van der Waals surface area contributed by atoms with E-state index < -0.39 is 5.97 Å². The van der Waals surface area contributed by atoms with Gasteiger partial charge in [0.15, 0.2) is 11.5 Å². The molecule has 1 aromatic rings. The lowest BCUT2D eigenvalue weighted by Crippen LogP contribution is -2.19. The van der Waals surface area contributed by atoms with Crippen molar-refractivity contribution in [3.63, 3.8) is 0 Å². The minimum atomic E-state index is -0.771. The number of benzene rings is 1. The largest absolute Gasteiger partial charge is 0.493 e. The zero-order valence-corrected chi connectivity index (χ0v) is 13.9. The standard InChI is InChI=1S/C17H22ClNO4/c1-22-15-8-11(18)7-13(14-6-10(9-19-14)17(20)21)16(15)23-12-4-2-3-5-12/h7-8,10,12,14,19H,2-6,9H2,1H3,(H,20,21). The number of hydrogen-bond donors (Lipinski definition) is 2. The Morgan fingerprint density at radius 1 is 1.35 bits per heavy atom. The third-order valence-electron chi connectivity index (χ3n) is 4.71. The molecule has 0 radical (unpaired) electrons. The van der Waals surface area contributed by atoms with Crippen LogP contribution >= 0.6 is 11.6 Å². The Balaban J connectivity index is 1.90. The summed E-state index contributed by atoms with van der Waals surface area (Å²) in [5, 5.41) is 13.0. The van der Waals surface area contributed by atoms with Gasteiger partial charge in [0.2, 0.25) is 0 Å². The van der Waals surface area contributed by atoms with E-state index in [9.17, 15) is 9.90 Å². The lowest BCUT2D eigenvalue weighted by Gasteiger charge is -2.22. The van der Waals surface area contributed by atoms with Crippen molar-refractivity contribution < 1.29 is 19.4 Å². The van der Waals surface area contributed by atoms with Gasteiger partial charge >= 0.3 is 5.97 Å². The van der Waals surface area contributed by atoms with E-state index in [4.69, 9.17) is 21.1 Å². The summed E-state index contributed by atoms with van der Waals surface area (Å²) >= 11 is 6.22. The Bertz CT molecular complexity index is 586. The average molecular weight is 340 g/mol. The van der Waals surface area contributed by atoms with Gasteiger partial charge in [-0.05, 0) is 38.2 Å². The van der Waals surface area contributed by atoms with Gasteiger partial charge in [0, 0.05) is 29.2 Å². The molecule has 1 aliphatic carbocycles. The van der Waals surface area contributed by atoms with Gasteiger partial charge in [0.05, 0.1) is 19.1 Å². The monoisotopic (exact) mass is 339 g/mol. The number of nitrogens with one attached hydrogen (secondary N) is 1. The van der Waals surface area contributed by atoms with Gasteiger partial charge in [-0.3, -0.25) is 4.79 Å². The van der Waals surface area contributed by atoms with Crippen molar-refractivity contribution in [3.8, 4) is 11.5 Å². The van der Waals surface area contributed by atoms with Crippen LogP contribution in [0.4, 0.5) is 0 Å². The molecule has 1 heterocycles. The fourth-order valence-electron chi connectivity index (χ4n) is 3.46. The molecule has 2 fully saturated rings. The molecule has 126 valence electrons. The zero-order chi connectivity index (χ0) is 16.4. The van der Waals surface area contributed by atoms with Crippen LogP contribution in [0.15, 0.2) is 12.1 Å². The van der Waals surface area contributed by atoms with Crippen LogP contribution in [-0.4, -0.2) is 30.8 Å². The van der Waals surface area contributed by atoms with E-state index in [1.807, 2.05) is 6.07 Å². The molecule has 6 heteroatoms. The number of ether oxygens (including phenoxy) is 2. The maximum Gasteiger partial charge on any atom is 0.307 e. The SMILES string of the molecule is COc1cc(Cl)cc(C2CC(C(=O)O)CN2)c1OC1CCCC1. The quantitative estimate of drug-likeness (QED) is 0.860. The normalized spacial score (nSPS) is 24.8. The number of methoxy groups -OCH3 is 1. The van der Waals surface area contributed by atoms with Crippen LogP contribution in [0.25, 0.3) is 0 Å². The lowest BCUT2D eigenvalue weighted by molar-refractivity contribution is -0.141. The third-order valence-corrected chi connectivity index (χ3v) is 4.93. The molecule has 2 atom stereocenters. The number of rotatable bonds is 5. The van der Waals surface area contributed by atoms with Gasteiger partial charge in [0.25, 0.3) is 0 Å². The predicted octanol–water partition coefficient (Wildman–Crippen LogP) is 3.41. The molecular formula is C17H22ClNO4. The Hall–Kier alpha value is -1.46. The molecular weight excluding hydrogens is 318 g/mol. The number of halogens is 1. The van der Waals surface area contributed by atoms with Crippen molar-refractivity contribution in [2.24, 2.45) is 5.92 Å². The van der Waals surface area contributed by atoms with Crippen LogP contribution < -0.4 is 14.8 Å². The van der Waals surface area contributed by atoms with Crippen molar-refractivity contribution >= 4 is 17.6 Å². The molecule has 2 unspecified atom stereocenters. The summed E-state index contributed by atoms with van der Waals surface area (Å²) in [6.07, 6.45) is 5.17. The smallest absolute Gasteiger partial charge is 0.307 e. The van der Waals surface area contributed by atoms with Crippen molar-refractivity contribution in [2.45, 2.75) is 44.2 Å². The third kappa shape index (κ3) is 3.56. The number of carbonyl (C=O) groups is 1. The van der Waals surface area contributed by atoms with Crippen molar-refractivity contribution in [1.82, 2.24) is 5.32 Å². The number of aliphatic carboxylic acids is 1. The molecule has 0 amide bonds. The molecule has 1 aromatic carbocycles. The van der Waals surface area contributed by atoms with Crippen LogP contribution in [0.2, 0.25) is 5.02 Å². The van der Waals surface area contributed by atoms with Gasteiger partial charge in [-0.1, -0.05) is 11.6 Å². The summed E-state index contributed by atoms with van der Waals surface area (Å²) in [5.74, 6) is 0.156. The first-order valence-corrected chi connectivity index (χ1v) is 8.46. The summed E-state index contributed by atoms with van der Waals surface area (Å²) in [6.45, 7) is 0.456. The number of hydrogen-bond acceptors (Lipinski definition) is 4. The minimum Gasteiger partial charge on any atom is -0.493 e. The molecule has 1 aliphatic heterocycles. The highest BCUT2D eigenvalue weighted by Gasteiger charge is 2.33. The second kappa shape index (κ2) is 6.97. The van der Waals surface area contributed by atoms with E-state index in [0.717, 1.165) is 18.4 Å². The summed E-state index contributed by atoms with van der Waals surface area (Å²) in [4.78, 5) is 11.2. The van der Waals surface area contributed by atoms with Gasteiger partial charge in [0.1, 0.15) is 0 Å². The number of carboxylic acid groups (broad SMARTS) is 1. The molecule has 5 nitrogen and oxygen atoms in total. The van der Waals surface area contributed by atoms with Crippen LogP contribution in [0.5, 0.6) is 11.5 Å². The first-order valence-electron chi connectivity index (χ1n) is 8.08. The average Bonchev–Trinajstić information content (AvgIpc) is 3.19. The second-order valence-corrected chi connectivity index (χ2v) is 6.72. The lowest BCUT2D eigenvalue weighted by atomic mass is 9.99. The molecule has 23 heavy (non-hydrogen) atoms. The van der Waals surface area contributed by atoms with Crippen LogP contribution in [0.1, 0.15) is 43.7 Å². The Labute approximate surface area is 140 Å². The molecule has 1 saturated carbocycles. The van der Waals surface area contributed by atoms with E-state index in [1.54, 1.807) is 13.2 Å². The van der Waals surface area contributed by atoms with Gasteiger partial charge in [-0.2, -0.15) is 0 Å². The molecule has 2 N–H and O–H groups in total. The first kappa shape index (κ1) is 16.4. The first-order chi connectivity index (χ1) is 11.1. The fraction of sp³-hybridized carbons (Fsp3) is 0.588. The topological polar surface area (TPSA) is 67.8 Å². The zero-order valence-electron chi connectivity index (χ0n) is 13.2. The van der Waals surface area contributed by atoms with Crippen LogP contribution in [-0.2, 0) is 4.79 Å². The van der Waals surface area contributed by atoms with Crippen molar-refractivity contribution in [3.05, 3.63) is 22.7 Å². The highest BCUT2D eigenvalue weighted by atomic mass is 35.5. The Kier molecular flexibility index (Phi) is 4.97. The van der Waals surface area contributed by atoms with Gasteiger partial charge in [-0.15, -0.1) is 0 Å². The molecule has 2 aliphatic rings. The maximum atomic E-state index is 11.2. The van der Waals surface area contributed by atoms with E-state index in [1.165, 1.54) is 12.8 Å². The van der Waals surface area contributed by atoms with Crippen LogP contribution in [0, 0.1) is 5.92 Å². The molecule has 0 aromatic heterocycles.